The zero-order chi connectivity index (χ0) is 11.5. The van der Waals surface area contributed by atoms with E-state index >= 15 is 0 Å². The molecule has 3 nitrogen and oxygen atoms in total. The van der Waals surface area contributed by atoms with Gasteiger partial charge in [0.15, 0.2) is 5.76 Å². The summed E-state index contributed by atoms with van der Waals surface area (Å²) in [6, 6.07) is 6.21. The number of rotatable bonds is 3. The molecule has 4 heteroatoms. The molecule has 0 spiro atoms. The van der Waals surface area contributed by atoms with Crippen LogP contribution < -0.4 is 4.74 Å². The van der Waals surface area contributed by atoms with E-state index in [-0.39, 0.29) is 5.82 Å². The van der Waals surface area contributed by atoms with Crippen LogP contribution in [-0.4, -0.2) is 5.16 Å². The number of hydrogen-bond acceptors (Lipinski definition) is 3. The standard InChI is InChI=1S/C12H12FNO2/c1-8-5-10(13)3-4-12(8)15-7-11-6-9(2)14-16-11/h3-6H,7H2,1-2H3. The highest BCUT2D eigenvalue weighted by molar-refractivity contribution is 5.32. The van der Waals surface area contributed by atoms with Gasteiger partial charge in [0.2, 0.25) is 0 Å². The molecule has 0 aliphatic heterocycles. The fraction of sp³-hybridized carbons (Fsp3) is 0.250. The van der Waals surface area contributed by atoms with E-state index in [9.17, 15) is 4.39 Å². The van der Waals surface area contributed by atoms with Crippen LogP contribution in [0.1, 0.15) is 17.0 Å². The van der Waals surface area contributed by atoms with Gasteiger partial charge < -0.3 is 9.26 Å². The molecule has 2 rings (SSSR count). The molecule has 0 N–H and O–H groups in total. The third-order valence-electron chi connectivity index (χ3n) is 2.18. The fourth-order valence-electron chi connectivity index (χ4n) is 1.41. The number of hydrogen-bond donors (Lipinski definition) is 0. The highest BCUT2D eigenvalue weighted by Gasteiger charge is 2.04. The summed E-state index contributed by atoms with van der Waals surface area (Å²) in [5.74, 6) is 1.04. The van der Waals surface area contributed by atoms with Gasteiger partial charge in [-0.25, -0.2) is 4.39 Å². The minimum atomic E-state index is -0.264. The normalized spacial score (nSPS) is 10.4. The molecule has 1 aromatic heterocycles. The van der Waals surface area contributed by atoms with E-state index in [1.807, 2.05) is 6.92 Å². The number of benzene rings is 1. The molecule has 0 saturated heterocycles. The Balaban J connectivity index is 2.04. The molecule has 0 bridgehead atoms. The van der Waals surface area contributed by atoms with E-state index < -0.39 is 0 Å². The summed E-state index contributed by atoms with van der Waals surface area (Å²) < 4.78 is 23.3. The van der Waals surface area contributed by atoms with Gasteiger partial charge in [0.25, 0.3) is 0 Å². The van der Waals surface area contributed by atoms with Crippen LogP contribution in [0.5, 0.6) is 5.75 Å². The average molecular weight is 221 g/mol. The lowest BCUT2D eigenvalue weighted by Crippen LogP contribution is -1.96. The van der Waals surface area contributed by atoms with Crippen LogP contribution in [-0.2, 0) is 6.61 Å². The van der Waals surface area contributed by atoms with Crippen molar-refractivity contribution in [2.24, 2.45) is 0 Å². The third-order valence-corrected chi connectivity index (χ3v) is 2.18. The zero-order valence-corrected chi connectivity index (χ0v) is 9.16. The Morgan fingerprint density at radius 2 is 2.12 bits per heavy atom. The maximum absolute atomic E-state index is 12.8. The van der Waals surface area contributed by atoms with Crippen LogP contribution in [0.25, 0.3) is 0 Å². The first-order valence-electron chi connectivity index (χ1n) is 4.96. The van der Waals surface area contributed by atoms with Crippen molar-refractivity contribution in [1.29, 1.82) is 0 Å². The minimum absolute atomic E-state index is 0.264. The predicted molar refractivity (Wildman–Crippen MR) is 56.7 cm³/mol. The first-order valence-corrected chi connectivity index (χ1v) is 4.96. The lowest BCUT2D eigenvalue weighted by Gasteiger charge is -2.06. The summed E-state index contributed by atoms with van der Waals surface area (Å²) in [6.45, 7) is 3.94. The van der Waals surface area contributed by atoms with E-state index in [2.05, 4.69) is 5.16 Å². The van der Waals surface area contributed by atoms with Crippen molar-refractivity contribution in [2.75, 3.05) is 0 Å². The molecule has 1 heterocycles. The number of aryl methyl sites for hydroxylation is 2. The minimum Gasteiger partial charge on any atom is -0.485 e. The number of nitrogens with zero attached hydrogens (tertiary/aromatic N) is 1. The molecule has 0 amide bonds. The summed E-state index contributed by atoms with van der Waals surface area (Å²) in [7, 11) is 0. The largest absolute Gasteiger partial charge is 0.485 e. The molecule has 84 valence electrons. The molecular weight excluding hydrogens is 209 g/mol. The average Bonchev–Trinajstić information content (AvgIpc) is 2.63. The van der Waals surface area contributed by atoms with Crippen LogP contribution >= 0.6 is 0 Å². The van der Waals surface area contributed by atoms with Crippen molar-refractivity contribution in [3.05, 3.63) is 47.1 Å². The molecule has 0 radical (unpaired) electrons. The first kappa shape index (κ1) is 10.7. The van der Waals surface area contributed by atoms with Crippen molar-refractivity contribution in [3.63, 3.8) is 0 Å². The summed E-state index contributed by atoms with van der Waals surface area (Å²) in [5, 5.41) is 3.75. The Labute approximate surface area is 92.8 Å². The monoisotopic (exact) mass is 221 g/mol. The second-order valence-electron chi connectivity index (χ2n) is 3.63. The zero-order valence-electron chi connectivity index (χ0n) is 9.16. The molecule has 0 unspecified atom stereocenters. The van der Waals surface area contributed by atoms with Crippen molar-refractivity contribution in [2.45, 2.75) is 20.5 Å². The molecule has 16 heavy (non-hydrogen) atoms. The van der Waals surface area contributed by atoms with Gasteiger partial charge in [-0.3, -0.25) is 0 Å². The van der Waals surface area contributed by atoms with Crippen molar-refractivity contribution < 1.29 is 13.7 Å². The molecular formula is C12H12FNO2. The Morgan fingerprint density at radius 3 is 2.75 bits per heavy atom. The Kier molecular flexibility index (Phi) is 2.90. The molecule has 2 aromatic rings. The van der Waals surface area contributed by atoms with E-state index in [1.165, 1.54) is 12.1 Å². The van der Waals surface area contributed by atoms with Crippen molar-refractivity contribution in [1.82, 2.24) is 5.16 Å². The van der Waals surface area contributed by atoms with Crippen molar-refractivity contribution in [3.8, 4) is 5.75 Å². The van der Waals surface area contributed by atoms with E-state index in [1.54, 1.807) is 19.1 Å². The Bertz CT molecular complexity index is 494. The van der Waals surface area contributed by atoms with Gasteiger partial charge in [0, 0.05) is 6.07 Å². The fourth-order valence-corrected chi connectivity index (χ4v) is 1.41. The second kappa shape index (κ2) is 4.35. The smallest absolute Gasteiger partial charge is 0.174 e. The van der Waals surface area contributed by atoms with Crippen LogP contribution in [0.3, 0.4) is 0 Å². The maximum atomic E-state index is 12.8. The van der Waals surface area contributed by atoms with Crippen LogP contribution in [0, 0.1) is 19.7 Å². The van der Waals surface area contributed by atoms with Gasteiger partial charge in [-0.1, -0.05) is 5.16 Å². The van der Waals surface area contributed by atoms with E-state index in [0.717, 1.165) is 11.3 Å². The van der Waals surface area contributed by atoms with Crippen LogP contribution in [0.2, 0.25) is 0 Å². The summed E-state index contributed by atoms with van der Waals surface area (Å²) in [5.41, 5.74) is 1.57. The van der Waals surface area contributed by atoms with Gasteiger partial charge in [-0.15, -0.1) is 0 Å². The SMILES string of the molecule is Cc1cc(COc2ccc(F)cc2C)on1. The highest BCUT2D eigenvalue weighted by atomic mass is 19.1. The number of aromatic nitrogens is 1. The quantitative estimate of drug-likeness (QED) is 0.799. The van der Waals surface area contributed by atoms with Crippen molar-refractivity contribution >= 4 is 0 Å². The number of halogens is 1. The highest BCUT2D eigenvalue weighted by Crippen LogP contribution is 2.19. The van der Waals surface area contributed by atoms with Gasteiger partial charge in [0.1, 0.15) is 18.2 Å². The summed E-state index contributed by atoms with van der Waals surface area (Å²) >= 11 is 0. The lowest BCUT2D eigenvalue weighted by molar-refractivity contribution is 0.247. The van der Waals surface area contributed by atoms with Gasteiger partial charge in [-0.05, 0) is 37.6 Å². The lowest BCUT2D eigenvalue weighted by atomic mass is 10.2. The molecule has 0 fully saturated rings. The number of ether oxygens (including phenoxy) is 1. The van der Waals surface area contributed by atoms with Crippen LogP contribution in [0.4, 0.5) is 4.39 Å². The second-order valence-corrected chi connectivity index (χ2v) is 3.63. The van der Waals surface area contributed by atoms with Gasteiger partial charge in [0.05, 0.1) is 5.69 Å². The van der Waals surface area contributed by atoms with Crippen LogP contribution in [0.15, 0.2) is 28.8 Å². The molecule has 0 aliphatic carbocycles. The molecule has 0 atom stereocenters. The third kappa shape index (κ3) is 2.39. The summed E-state index contributed by atoms with van der Waals surface area (Å²) in [6.07, 6.45) is 0. The first-order chi connectivity index (χ1) is 7.65. The molecule has 0 aliphatic rings. The molecule has 0 saturated carbocycles. The summed E-state index contributed by atoms with van der Waals surface area (Å²) in [4.78, 5) is 0. The Morgan fingerprint density at radius 1 is 1.31 bits per heavy atom. The molecule has 1 aromatic carbocycles. The van der Waals surface area contributed by atoms with E-state index in [4.69, 9.17) is 9.26 Å². The van der Waals surface area contributed by atoms with Gasteiger partial charge in [-0.2, -0.15) is 0 Å². The predicted octanol–water partition coefficient (Wildman–Crippen LogP) is 3.01. The Hall–Kier alpha value is -1.84. The van der Waals surface area contributed by atoms with E-state index in [0.29, 0.717) is 18.1 Å². The maximum Gasteiger partial charge on any atom is 0.174 e. The topological polar surface area (TPSA) is 35.3 Å². The van der Waals surface area contributed by atoms with Gasteiger partial charge >= 0.3 is 0 Å².